The van der Waals surface area contributed by atoms with E-state index in [0.29, 0.717) is 13.0 Å². The predicted octanol–water partition coefficient (Wildman–Crippen LogP) is 2.55. The van der Waals surface area contributed by atoms with E-state index < -0.39 is 6.43 Å². The van der Waals surface area contributed by atoms with E-state index in [0.717, 1.165) is 0 Å². The molecule has 0 N–H and O–H groups in total. The molecule has 92 valence electrons. The summed E-state index contributed by atoms with van der Waals surface area (Å²) >= 11 is 5.53. The SMILES string of the molecule is CCC(COC)n1nnc(CCl)c1C(F)F. The fourth-order valence-corrected chi connectivity index (χ4v) is 1.67. The summed E-state index contributed by atoms with van der Waals surface area (Å²) in [5, 5.41) is 7.37. The summed E-state index contributed by atoms with van der Waals surface area (Å²) in [6.07, 6.45) is -1.99. The van der Waals surface area contributed by atoms with Crippen LogP contribution in [0.3, 0.4) is 0 Å². The molecule has 0 saturated heterocycles. The molecule has 0 spiro atoms. The fraction of sp³-hybridized carbons (Fsp3) is 0.778. The summed E-state index contributed by atoms with van der Waals surface area (Å²) in [4.78, 5) is 0. The number of methoxy groups -OCH3 is 1. The molecular weight excluding hydrogens is 240 g/mol. The van der Waals surface area contributed by atoms with Crippen LogP contribution in [-0.2, 0) is 10.6 Å². The lowest BCUT2D eigenvalue weighted by molar-refractivity contribution is 0.114. The minimum atomic E-state index is -2.63. The highest BCUT2D eigenvalue weighted by atomic mass is 35.5. The van der Waals surface area contributed by atoms with Crippen LogP contribution < -0.4 is 0 Å². The Labute approximate surface area is 97.5 Å². The molecule has 0 fully saturated rings. The van der Waals surface area contributed by atoms with Gasteiger partial charge in [0.25, 0.3) is 6.43 Å². The first-order valence-electron chi connectivity index (χ1n) is 4.92. The van der Waals surface area contributed by atoms with Gasteiger partial charge in [-0.05, 0) is 6.42 Å². The largest absolute Gasteiger partial charge is 0.382 e. The molecule has 1 aromatic heterocycles. The van der Waals surface area contributed by atoms with Gasteiger partial charge >= 0.3 is 0 Å². The third-order valence-corrected chi connectivity index (χ3v) is 2.57. The Balaban J connectivity index is 3.06. The maximum Gasteiger partial charge on any atom is 0.281 e. The summed E-state index contributed by atoms with van der Waals surface area (Å²) in [6.45, 7) is 2.20. The Morgan fingerprint density at radius 2 is 2.19 bits per heavy atom. The first-order valence-corrected chi connectivity index (χ1v) is 5.46. The van der Waals surface area contributed by atoms with Gasteiger partial charge in [-0.2, -0.15) is 0 Å². The van der Waals surface area contributed by atoms with Crippen molar-refractivity contribution in [2.24, 2.45) is 0 Å². The van der Waals surface area contributed by atoms with Gasteiger partial charge in [0.15, 0.2) is 0 Å². The van der Waals surface area contributed by atoms with Crippen LogP contribution >= 0.6 is 11.6 Å². The number of ether oxygens (including phenoxy) is 1. The smallest absolute Gasteiger partial charge is 0.281 e. The molecule has 0 saturated carbocycles. The minimum Gasteiger partial charge on any atom is -0.382 e. The van der Waals surface area contributed by atoms with Crippen LogP contribution in [-0.4, -0.2) is 28.7 Å². The van der Waals surface area contributed by atoms with Gasteiger partial charge in [0, 0.05) is 7.11 Å². The number of halogens is 3. The molecule has 0 bridgehead atoms. The van der Waals surface area contributed by atoms with Crippen molar-refractivity contribution in [2.45, 2.75) is 31.7 Å². The van der Waals surface area contributed by atoms with Gasteiger partial charge in [-0.25, -0.2) is 13.5 Å². The second kappa shape index (κ2) is 6.10. The van der Waals surface area contributed by atoms with Gasteiger partial charge in [0.1, 0.15) is 11.4 Å². The molecule has 1 aromatic rings. The Bertz CT molecular complexity index is 333. The highest BCUT2D eigenvalue weighted by molar-refractivity contribution is 6.16. The van der Waals surface area contributed by atoms with Crippen molar-refractivity contribution < 1.29 is 13.5 Å². The molecule has 0 aliphatic heterocycles. The van der Waals surface area contributed by atoms with Crippen LogP contribution in [0, 0.1) is 0 Å². The van der Waals surface area contributed by atoms with Crippen LogP contribution in [0.1, 0.15) is 37.2 Å². The van der Waals surface area contributed by atoms with E-state index in [1.807, 2.05) is 6.92 Å². The van der Waals surface area contributed by atoms with Crippen LogP contribution in [0.2, 0.25) is 0 Å². The first-order chi connectivity index (χ1) is 7.65. The Hall–Kier alpha value is -0.750. The molecule has 0 amide bonds. The number of hydrogen-bond donors (Lipinski definition) is 0. The Kier molecular flexibility index (Phi) is 5.08. The monoisotopic (exact) mass is 253 g/mol. The third-order valence-electron chi connectivity index (χ3n) is 2.31. The maximum absolute atomic E-state index is 12.8. The number of rotatable bonds is 6. The lowest BCUT2D eigenvalue weighted by Gasteiger charge is -2.16. The molecular formula is C9H14ClF2N3O. The van der Waals surface area contributed by atoms with Crippen LogP contribution in [0.15, 0.2) is 0 Å². The van der Waals surface area contributed by atoms with E-state index in [9.17, 15) is 8.78 Å². The standard InChI is InChI=1S/C9H14ClF2N3O/c1-3-6(5-16-2)15-8(9(11)12)7(4-10)13-14-15/h6,9H,3-5H2,1-2H3. The molecule has 4 nitrogen and oxygen atoms in total. The average molecular weight is 254 g/mol. The molecule has 1 rings (SSSR count). The Morgan fingerprint density at radius 1 is 1.50 bits per heavy atom. The van der Waals surface area contributed by atoms with Gasteiger partial charge in [0.05, 0.1) is 18.5 Å². The molecule has 1 unspecified atom stereocenters. The molecule has 0 radical (unpaired) electrons. The zero-order valence-electron chi connectivity index (χ0n) is 9.16. The van der Waals surface area contributed by atoms with Crippen molar-refractivity contribution in [3.05, 3.63) is 11.4 Å². The van der Waals surface area contributed by atoms with E-state index in [2.05, 4.69) is 10.3 Å². The maximum atomic E-state index is 12.8. The zero-order chi connectivity index (χ0) is 12.1. The normalized spacial score (nSPS) is 13.4. The highest BCUT2D eigenvalue weighted by Crippen LogP contribution is 2.26. The molecule has 0 aliphatic rings. The van der Waals surface area contributed by atoms with Gasteiger partial charge < -0.3 is 4.74 Å². The van der Waals surface area contributed by atoms with E-state index in [1.165, 1.54) is 11.8 Å². The summed E-state index contributed by atoms with van der Waals surface area (Å²) in [7, 11) is 1.52. The van der Waals surface area contributed by atoms with Gasteiger partial charge in [-0.3, -0.25) is 0 Å². The summed E-state index contributed by atoms with van der Waals surface area (Å²) in [5.41, 5.74) is -0.0786. The van der Waals surface area contributed by atoms with Crippen LogP contribution in [0.5, 0.6) is 0 Å². The lowest BCUT2D eigenvalue weighted by Crippen LogP contribution is -2.18. The quantitative estimate of drug-likeness (QED) is 0.732. The van der Waals surface area contributed by atoms with E-state index in [-0.39, 0.29) is 23.3 Å². The number of hydrogen-bond acceptors (Lipinski definition) is 3. The van der Waals surface area contributed by atoms with E-state index in [1.54, 1.807) is 0 Å². The molecule has 1 heterocycles. The molecule has 1 atom stereocenters. The van der Waals surface area contributed by atoms with E-state index >= 15 is 0 Å². The van der Waals surface area contributed by atoms with Gasteiger partial charge in [0.2, 0.25) is 0 Å². The average Bonchev–Trinajstić information content (AvgIpc) is 2.69. The van der Waals surface area contributed by atoms with Gasteiger partial charge in [-0.15, -0.1) is 16.7 Å². The van der Waals surface area contributed by atoms with Gasteiger partial charge in [-0.1, -0.05) is 12.1 Å². The third kappa shape index (κ3) is 2.68. The van der Waals surface area contributed by atoms with Crippen molar-refractivity contribution in [3.8, 4) is 0 Å². The second-order valence-electron chi connectivity index (χ2n) is 3.32. The molecule has 7 heteroatoms. The first kappa shape index (κ1) is 13.3. The van der Waals surface area contributed by atoms with Crippen molar-refractivity contribution in [1.82, 2.24) is 15.0 Å². The number of alkyl halides is 3. The minimum absolute atomic E-state index is 0.0664. The molecule has 16 heavy (non-hydrogen) atoms. The van der Waals surface area contributed by atoms with Crippen molar-refractivity contribution in [3.63, 3.8) is 0 Å². The van der Waals surface area contributed by atoms with E-state index in [4.69, 9.17) is 16.3 Å². The molecule has 0 aromatic carbocycles. The summed E-state index contributed by atoms with van der Waals surface area (Å²) in [5.74, 6) is -0.0664. The fourth-order valence-electron chi connectivity index (χ4n) is 1.48. The molecule has 0 aliphatic carbocycles. The zero-order valence-corrected chi connectivity index (χ0v) is 9.92. The van der Waals surface area contributed by atoms with Crippen LogP contribution in [0.25, 0.3) is 0 Å². The Morgan fingerprint density at radius 3 is 2.62 bits per heavy atom. The van der Waals surface area contributed by atoms with Crippen LogP contribution in [0.4, 0.5) is 8.78 Å². The number of nitrogens with zero attached hydrogens (tertiary/aromatic N) is 3. The summed E-state index contributed by atoms with van der Waals surface area (Å²) in [6, 6.07) is -0.238. The predicted molar refractivity (Wildman–Crippen MR) is 55.7 cm³/mol. The van der Waals surface area contributed by atoms with Crippen molar-refractivity contribution in [1.29, 1.82) is 0 Å². The van der Waals surface area contributed by atoms with Crippen molar-refractivity contribution >= 4 is 11.6 Å². The topological polar surface area (TPSA) is 39.9 Å². The number of aromatic nitrogens is 3. The van der Waals surface area contributed by atoms with Crippen molar-refractivity contribution in [2.75, 3.05) is 13.7 Å². The second-order valence-corrected chi connectivity index (χ2v) is 3.58. The lowest BCUT2D eigenvalue weighted by atomic mass is 10.2. The summed E-state index contributed by atoms with van der Waals surface area (Å²) < 4.78 is 31.9. The highest BCUT2D eigenvalue weighted by Gasteiger charge is 2.24.